The Morgan fingerprint density at radius 3 is 1.88 bits per heavy atom. The number of nitrogens with zero attached hydrogens (tertiary/aromatic N) is 1. The van der Waals surface area contributed by atoms with Crippen LogP contribution in [0.25, 0.3) is 0 Å². The molecule has 0 radical (unpaired) electrons. The van der Waals surface area contributed by atoms with Crippen LogP contribution in [0.2, 0.25) is 0 Å². The Labute approximate surface area is 101 Å². The number of hydrogen-bond acceptors (Lipinski definition) is 2. The Kier molecular flexibility index (Phi) is 3.91. The standard InChI is InChI=1S/C14H28N2/c1-10-8-15-9-11(2)14(10)16-12(3)6-5-7-13(16)4/h10-15H,5-9H2,1-4H3. The van der Waals surface area contributed by atoms with Crippen molar-refractivity contribution in [2.24, 2.45) is 11.8 Å². The minimum absolute atomic E-state index is 0.789. The van der Waals surface area contributed by atoms with Crippen LogP contribution in [-0.4, -0.2) is 36.1 Å². The minimum atomic E-state index is 0.789. The monoisotopic (exact) mass is 224 g/mol. The van der Waals surface area contributed by atoms with Gasteiger partial charge in [-0.1, -0.05) is 20.3 Å². The molecule has 0 aliphatic carbocycles. The van der Waals surface area contributed by atoms with E-state index in [-0.39, 0.29) is 0 Å². The maximum atomic E-state index is 3.56. The van der Waals surface area contributed by atoms with Crippen LogP contribution in [0.1, 0.15) is 47.0 Å². The molecule has 2 saturated heterocycles. The highest BCUT2D eigenvalue weighted by molar-refractivity contribution is 4.93. The second-order valence-corrected chi connectivity index (χ2v) is 6.18. The van der Waals surface area contributed by atoms with Crippen LogP contribution >= 0.6 is 0 Å². The molecule has 4 atom stereocenters. The quantitative estimate of drug-likeness (QED) is 0.736. The first-order valence-corrected chi connectivity index (χ1v) is 7.09. The zero-order valence-electron chi connectivity index (χ0n) is 11.4. The summed E-state index contributed by atoms with van der Waals surface area (Å²) in [6.45, 7) is 12.1. The van der Waals surface area contributed by atoms with Crippen molar-refractivity contribution in [1.29, 1.82) is 0 Å². The molecule has 2 aliphatic heterocycles. The fraction of sp³-hybridized carbons (Fsp3) is 1.00. The van der Waals surface area contributed by atoms with Crippen molar-refractivity contribution in [1.82, 2.24) is 10.2 Å². The molecular formula is C14H28N2. The first kappa shape index (κ1) is 12.4. The Morgan fingerprint density at radius 1 is 0.875 bits per heavy atom. The van der Waals surface area contributed by atoms with Crippen molar-refractivity contribution in [3.05, 3.63) is 0 Å². The SMILES string of the molecule is CC1CNCC(C)C1N1C(C)CCCC1C. The second kappa shape index (κ2) is 5.05. The Balaban J connectivity index is 2.12. The molecule has 94 valence electrons. The topological polar surface area (TPSA) is 15.3 Å². The highest BCUT2D eigenvalue weighted by Gasteiger charge is 2.38. The Bertz CT molecular complexity index is 185. The summed E-state index contributed by atoms with van der Waals surface area (Å²) in [5.41, 5.74) is 0. The van der Waals surface area contributed by atoms with Crippen LogP contribution in [0, 0.1) is 11.8 Å². The van der Waals surface area contributed by atoms with E-state index in [2.05, 4.69) is 37.9 Å². The van der Waals surface area contributed by atoms with Crippen molar-refractivity contribution in [3.8, 4) is 0 Å². The summed E-state index contributed by atoms with van der Waals surface area (Å²) in [7, 11) is 0. The predicted molar refractivity (Wildman–Crippen MR) is 69.6 cm³/mol. The third-order valence-corrected chi connectivity index (χ3v) is 4.70. The molecule has 2 heteroatoms. The van der Waals surface area contributed by atoms with Gasteiger partial charge in [-0.3, -0.25) is 4.90 Å². The normalized spacial score (nSPS) is 46.9. The molecule has 2 fully saturated rings. The van der Waals surface area contributed by atoms with Crippen LogP contribution in [0.5, 0.6) is 0 Å². The molecule has 0 saturated carbocycles. The van der Waals surface area contributed by atoms with Crippen molar-refractivity contribution in [2.45, 2.75) is 65.1 Å². The van der Waals surface area contributed by atoms with Crippen LogP contribution in [0.15, 0.2) is 0 Å². The van der Waals surface area contributed by atoms with E-state index in [1.54, 1.807) is 0 Å². The maximum Gasteiger partial charge on any atom is 0.0176 e. The molecule has 0 aromatic carbocycles. The summed E-state index contributed by atoms with van der Waals surface area (Å²) in [5, 5.41) is 3.56. The van der Waals surface area contributed by atoms with E-state index in [1.807, 2.05) is 0 Å². The van der Waals surface area contributed by atoms with E-state index in [0.717, 1.165) is 30.0 Å². The van der Waals surface area contributed by atoms with Gasteiger partial charge in [-0.05, 0) is 51.6 Å². The number of piperidine rings is 2. The summed E-state index contributed by atoms with van der Waals surface area (Å²) in [4.78, 5) is 2.83. The molecule has 1 N–H and O–H groups in total. The van der Waals surface area contributed by atoms with Gasteiger partial charge in [-0.15, -0.1) is 0 Å². The van der Waals surface area contributed by atoms with Gasteiger partial charge in [0.1, 0.15) is 0 Å². The number of nitrogens with one attached hydrogen (secondary N) is 1. The van der Waals surface area contributed by atoms with E-state index in [9.17, 15) is 0 Å². The lowest BCUT2D eigenvalue weighted by Gasteiger charge is -2.50. The van der Waals surface area contributed by atoms with E-state index >= 15 is 0 Å². The Hall–Kier alpha value is -0.0800. The minimum Gasteiger partial charge on any atom is -0.316 e. The summed E-state index contributed by atoms with van der Waals surface area (Å²) in [6, 6.07) is 2.38. The van der Waals surface area contributed by atoms with Gasteiger partial charge in [0.2, 0.25) is 0 Å². The Morgan fingerprint density at radius 2 is 1.38 bits per heavy atom. The van der Waals surface area contributed by atoms with E-state index in [0.29, 0.717) is 0 Å². The lowest BCUT2D eigenvalue weighted by Crippen LogP contribution is -2.59. The molecule has 2 aliphatic rings. The molecule has 0 bridgehead atoms. The zero-order chi connectivity index (χ0) is 11.7. The average molecular weight is 224 g/mol. The summed E-state index contributed by atoms with van der Waals surface area (Å²) < 4.78 is 0. The van der Waals surface area contributed by atoms with Gasteiger partial charge in [0, 0.05) is 18.1 Å². The zero-order valence-corrected chi connectivity index (χ0v) is 11.4. The van der Waals surface area contributed by atoms with E-state index in [4.69, 9.17) is 0 Å². The third-order valence-electron chi connectivity index (χ3n) is 4.70. The van der Waals surface area contributed by atoms with Crippen LogP contribution in [-0.2, 0) is 0 Å². The molecule has 0 aromatic heterocycles. The smallest absolute Gasteiger partial charge is 0.0176 e. The van der Waals surface area contributed by atoms with Crippen molar-refractivity contribution in [3.63, 3.8) is 0 Å². The lowest BCUT2D eigenvalue weighted by atomic mass is 9.82. The van der Waals surface area contributed by atoms with Gasteiger partial charge in [0.05, 0.1) is 0 Å². The number of hydrogen-bond donors (Lipinski definition) is 1. The van der Waals surface area contributed by atoms with Gasteiger partial charge in [0.25, 0.3) is 0 Å². The van der Waals surface area contributed by atoms with Crippen molar-refractivity contribution in [2.75, 3.05) is 13.1 Å². The van der Waals surface area contributed by atoms with Gasteiger partial charge >= 0.3 is 0 Å². The highest BCUT2D eigenvalue weighted by Crippen LogP contribution is 2.32. The molecule has 0 aromatic rings. The largest absolute Gasteiger partial charge is 0.316 e. The molecule has 0 spiro atoms. The second-order valence-electron chi connectivity index (χ2n) is 6.18. The molecular weight excluding hydrogens is 196 g/mol. The van der Waals surface area contributed by atoms with Gasteiger partial charge in [-0.25, -0.2) is 0 Å². The summed E-state index contributed by atoms with van der Waals surface area (Å²) in [5.74, 6) is 1.60. The van der Waals surface area contributed by atoms with Gasteiger partial charge < -0.3 is 5.32 Å². The molecule has 2 nitrogen and oxygen atoms in total. The van der Waals surface area contributed by atoms with Gasteiger partial charge in [-0.2, -0.15) is 0 Å². The van der Waals surface area contributed by atoms with E-state index < -0.39 is 0 Å². The highest BCUT2D eigenvalue weighted by atomic mass is 15.2. The fourth-order valence-electron chi connectivity index (χ4n) is 3.96. The van der Waals surface area contributed by atoms with Gasteiger partial charge in [0.15, 0.2) is 0 Å². The fourth-order valence-corrected chi connectivity index (χ4v) is 3.96. The van der Waals surface area contributed by atoms with Crippen molar-refractivity contribution >= 4 is 0 Å². The number of likely N-dealkylation sites (tertiary alicyclic amines) is 1. The summed E-state index contributed by atoms with van der Waals surface area (Å²) >= 11 is 0. The molecule has 16 heavy (non-hydrogen) atoms. The lowest BCUT2D eigenvalue weighted by molar-refractivity contribution is -0.00726. The van der Waals surface area contributed by atoms with Crippen LogP contribution < -0.4 is 5.32 Å². The molecule has 2 rings (SSSR count). The molecule has 2 heterocycles. The average Bonchev–Trinajstić information content (AvgIpc) is 2.21. The maximum absolute atomic E-state index is 3.56. The third kappa shape index (κ3) is 2.28. The predicted octanol–water partition coefficient (Wildman–Crippen LogP) is 2.49. The first-order chi connectivity index (χ1) is 7.61. The number of rotatable bonds is 1. The van der Waals surface area contributed by atoms with E-state index in [1.165, 1.54) is 32.4 Å². The van der Waals surface area contributed by atoms with Crippen LogP contribution in [0.4, 0.5) is 0 Å². The van der Waals surface area contributed by atoms with Crippen LogP contribution in [0.3, 0.4) is 0 Å². The molecule has 4 unspecified atom stereocenters. The summed E-state index contributed by atoms with van der Waals surface area (Å²) in [6.07, 6.45) is 4.22. The molecule has 0 amide bonds. The first-order valence-electron chi connectivity index (χ1n) is 7.09. The van der Waals surface area contributed by atoms with Crippen molar-refractivity contribution < 1.29 is 0 Å².